The average molecular weight is 1400 g/mol. The van der Waals surface area contributed by atoms with Crippen LogP contribution in [-0.4, -0.2) is 29.9 Å². The minimum atomic E-state index is -0.579. The third-order valence-electron chi connectivity index (χ3n) is 23.2. The van der Waals surface area contributed by atoms with Crippen molar-refractivity contribution in [3.8, 4) is 168 Å². The fourth-order valence-corrected chi connectivity index (χ4v) is 18.4. The van der Waals surface area contributed by atoms with E-state index in [1.165, 1.54) is 89.0 Å². The van der Waals surface area contributed by atoms with Crippen LogP contribution in [-0.2, 0) is 10.8 Å². The second-order valence-corrected chi connectivity index (χ2v) is 29.1. The van der Waals surface area contributed by atoms with Crippen molar-refractivity contribution in [1.29, 1.82) is 0 Å². The highest BCUT2D eigenvalue weighted by atomic mass is 15.0. The van der Waals surface area contributed by atoms with Gasteiger partial charge < -0.3 is 0 Å². The summed E-state index contributed by atoms with van der Waals surface area (Å²) in [5.74, 6) is 3.68. The van der Waals surface area contributed by atoms with Crippen molar-refractivity contribution in [1.82, 2.24) is 29.9 Å². The number of rotatable bonds is 11. The van der Waals surface area contributed by atoms with Crippen molar-refractivity contribution in [2.45, 2.75) is 10.8 Å². The van der Waals surface area contributed by atoms with Crippen LogP contribution >= 0.6 is 0 Å². The zero-order valence-electron chi connectivity index (χ0n) is 59.6. The molecule has 0 amide bonds. The van der Waals surface area contributed by atoms with Crippen molar-refractivity contribution >= 4 is 0 Å². The summed E-state index contributed by atoms with van der Waals surface area (Å²) in [5.41, 5.74) is 36.1. The lowest BCUT2D eigenvalue weighted by molar-refractivity contribution is 0.794. The van der Waals surface area contributed by atoms with Gasteiger partial charge in [-0.25, -0.2) is 29.9 Å². The zero-order chi connectivity index (χ0) is 72.4. The van der Waals surface area contributed by atoms with E-state index in [9.17, 15) is 0 Å². The van der Waals surface area contributed by atoms with Gasteiger partial charge in [-0.1, -0.05) is 346 Å². The smallest absolute Gasteiger partial charge is 0.164 e. The van der Waals surface area contributed by atoms with Crippen LogP contribution in [0.4, 0.5) is 0 Å². The first-order valence-electron chi connectivity index (χ1n) is 37.6. The standard InChI is InChI=1S/C104H64N6/c1-4-26-65(27-5-1)97-105-98(66-28-6-2-7-29-66)107-100(106-97)76-37-23-34-70(59-76)68-32-22-33-69(58-68)73-52-55-87-88-62-72(54-57-94(88)104(95(87)63-73)91-49-19-14-44-83(91)84-45-15-20-50-92(84)104)71-35-24-38-77(60-71)101-108-99(67-30-8-3-9-31-67)109-102(110-101)78-39-25-36-74(61-78)79-40-10-11-41-80(79)75-53-56-86-85-46-16-21-51-93(85)103(96(86)64-75)89-47-17-12-42-81(89)82-43-13-18-48-90(82)103/h1-64H. The van der Waals surface area contributed by atoms with Crippen LogP contribution in [0.15, 0.2) is 388 Å². The second-order valence-electron chi connectivity index (χ2n) is 29.1. The molecule has 4 aliphatic rings. The molecule has 2 spiro atoms. The summed E-state index contributed by atoms with van der Waals surface area (Å²) in [6, 6.07) is 141. The van der Waals surface area contributed by atoms with Gasteiger partial charge in [-0.2, -0.15) is 0 Å². The Labute approximate surface area is 637 Å². The molecule has 510 valence electrons. The van der Waals surface area contributed by atoms with Crippen molar-refractivity contribution < 1.29 is 0 Å². The molecule has 110 heavy (non-hydrogen) atoms. The molecule has 18 aromatic rings. The molecule has 2 aromatic heterocycles. The van der Waals surface area contributed by atoms with E-state index in [2.05, 4.69) is 309 Å². The van der Waals surface area contributed by atoms with Gasteiger partial charge >= 0.3 is 0 Å². The molecular weight excluding hydrogens is 1330 g/mol. The summed E-state index contributed by atoms with van der Waals surface area (Å²) in [5, 5.41) is 0. The third kappa shape index (κ3) is 9.76. The average Bonchev–Trinajstić information content (AvgIpc) is 1.51. The summed E-state index contributed by atoms with van der Waals surface area (Å²) >= 11 is 0. The van der Waals surface area contributed by atoms with Gasteiger partial charge in [0.2, 0.25) is 0 Å². The number of hydrogen-bond donors (Lipinski definition) is 0. The highest BCUT2D eigenvalue weighted by Crippen LogP contribution is 2.65. The fraction of sp³-hybridized carbons (Fsp3) is 0.0192. The first-order valence-corrected chi connectivity index (χ1v) is 37.6. The molecule has 0 aliphatic heterocycles. The third-order valence-corrected chi connectivity index (χ3v) is 23.2. The Balaban J connectivity index is 0.624. The van der Waals surface area contributed by atoms with Crippen LogP contribution in [0.2, 0.25) is 0 Å². The molecule has 0 unspecified atom stereocenters. The molecule has 6 heteroatoms. The normalized spacial score (nSPS) is 13.1. The van der Waals surface area contributed by atoms with E-state index in [1.54, 1.807) is 0 Å². The maximum Gasteiger partial charge on any atom is 0.164 e. The Hall–Kier alpha value is -14.5. The minimum absolute atomic E-state index is 0.452. The summed E-state index contributed by atoms with van der Waals surface area (Å²) in [4.78, 5) is 31.2. The molecule has 4 aliphatic carbocycles. The molecule has 0 fully saturated rings. The highest BCUT2D eigenvalue weighted by Gasteiger charge is 2.53. The van der Waals surface area contributed by atoms with E-state index in [-0.39, 0.29) is 0 Å². The van der Waals surface area contributed by atoms with Gasteiger partial charge in [0.1, 0.15) is 0 Å². The monoisotopic (exact) mass is 1400 g/mol. The summed E-state index contributed by atoms with van der Waals surface area (Å²) in [6.45, 7) is 0. The van der Waals surface area contributed by atoms with Crippen LogP contribution in [0.1, 0.15) is 44.5 Å². The van der Waals surface area contributed by atoms with Crippen LogP contribution in [0.25, 0.3) is 168 Å². The van der Waals surface area contributed by atoms with Crippen LogP contribution < -0.4 is 0 Å². The summed E-state index contributed by atoms with van der Waals surface area (Å²) < 4.78 is 0. The van der Waals surface area contributed by atoms with Crippen molar-refractivity contribution in [2.75, 3.05) is 0 Å². The molecule has 0 saturated heterocycles. The van der Waals surface area contributed by atoms with Gasteiger partial charge in [0, 0.05) is 33.4 Å². The molecule has 0 bridgehead atoms. The van der Waals surface area contributed by atoms with E-state index in [1.807, 2.05) is 78.9 Å². The van der Waals surface area contributed by atoms with E-state index in [0.29, 0.717) is 34.9 Å². The zero-order valence-corrected chi connectivity index (χ0v) is 59.6. The quantitative estimate of drug-likeness (QED) is 0.128. The lowest BCUT2D eigenvalue weighted by atomic mass is 9.70. The van der Waals surface area contributed by atoms with Gasteiger partial charge in [0.05, 0.1) is 10.8 Å². The molecule has 0 N–H and O–H groups in total. The lowest BCUT2D eigenvalue weighted by Gasteiger charge is -2.30. The highest BCUT2D eigenvalue weighted by molar-refractivity contribution is 6.00. The molecule has 22 rings (SSSR count). The Morgan fingerprint density at radius 2 is 0.336 bits per heavy atom. The van der Waals surface area contributed by atoms with Gasteiger partial charge in [-0.15, -0.1) is 0 Å². The fourth-order valence-electron chi connectivity index (χ4n) is 18.4. The summed E-state index contributed by atoms with van der Waals surface area (Å²) in [6.07, 6.45) is 0. The maximum absolute atomic E-state index is 5.43. The van der Waals surface area contributed by atoms with Gasteiger partial charge in [0.15, 0.2) is 34.9 Å². The molecule has 6 nitrogen and oxygen atoms in total. The van der Waals surface area contributed by atoms with Gasteiger partial charge in [-0.05, 0) is 187 Å². The predicted molar refractivity (Wildman–Crippen MR) is 446 cm³/mol. The molecule has 0 atom stereocenters. The molecule has 2 heterocycles. The van der Waals surface area contributed by atoms with Crippen molar-refractivity contribution in [3.63, 3.8) is 0 Å². The van der Waals surface area contributed by atoms with Crippen LogP contribution in [0.5, 0.6) is 0 Å². The first kappa shape index (κ1) is 62.9. The van der Waals surface area contributed by atoms with Gasteiger partial charge in [0.25, 0.3) is 0 Å². The summed E-state index contributed by atoms with van der Waals surface area (Å²) in [7, 11) is 0. The Kier molecular flexibility index (Phi) is 14.3. The first-order chi connectivity index (χ1) is 54.5. The van der Waals surface area contributed by atoms with E-state index >= 15 is 0 Å². The number of benzene rings is 16. The number of aromatic nitrogens is 6. The van der Waals surface area contributed by atoms with Gasteiger partial charge in [-0.3, -0.25) is 0 Å². The largest absolute Gasteiger partial charge is 0.208 e. The lowest BCUT2D eigenvalue weighted by Crippen LogP contribution is -2.25. The van der Waals surface area contributed by atoms with E-state index in [0.717, 1.165) is 89.0 Å². The van der Waals surface area contributed by atoms with Crippen molar-refractivity contribution in [2.24, 2.45) is 0 Å². The number of nitrogens with zero attached hydrogens (tertiary/aromatic N) is 6. The molecular formula is C104H64N6. The molecule has 0 radical (unpaired) electrons. The Morgan fingerprint density at radius 1 is 0.118 bits per heavy atom. The molecule has 16 aromatic carbocycles. The second kappa shape index (κ2) is 25.1. The number of fused-ring (bicyclic) bond motifs is 20. The Bertz CT molecular complexity index is 6630. The molecule has 0 saturated carbocycles. The van der Waals surface area contributed by atoms with Crippen LogP contribution in [0, 0.1) is 0 Å². The van der Waals surface area contributed by atoms with E-state index < -0.39 is 10.8 Å². The topological polar surface area (TPSA) is 77.3 Å². The SMILES string of the molecule is c1ccc(-c2nc(-c3ccccc3)nc(-c3cccc(-c4cccc(-c5ccc6c(c5)C5(c7ccccc7-c7ccccc75)c5ccc(-c7cccc(-c8nc(-c9ccccc9)nc(-c9cccc(-c%10ccccc%10-c%10ccc%11c(c%10)C%10(c%12ccccc%12-c%12ccccc%12%10)c%10ccccc%10-%11)c9)n8)c7)cc5-6)c4)c3)n2)cc1. The maximum atomic E-state index is 5.43. The van der Waals surface area contributed by atoms with E-state index in [4.69, 9.17) is 29.9 Å². The predicted octanol–water partition coefficient (Wildman–Crippen LogP) is 25.1. The number of hydrogen-bond acceptors (Lipinski definition) is 6. The van der Waals surface area contributed by atoms with Crippen LogP contribution in [0.3, 0.4) is 0 Å². The minimum Gasteiger partial charge on any atom is -0.208 e. The van der Waals surface area contributed by atoms with Crippen molar-refractivity contribution in [3.05, 3.63) is 433 Å². The Morgan fingerprint density at radius 3 is 0.718 bits per heavy atom.